The van der Waals surface area contributed by atoms with Gasteiger partial charge < -0.3 is 30.9 Å². The van der Waals surface area contributed by atoms with Gasteiger partial charge >= 0.3 is 18.2 Å². The maximum absolute atomic E-state index is 12.3. The molecule has 0 aromatic heterocycles. The van der Waals surface area contributed by atoms with Crippen LogP contribution in [0.3, 0.4) is 0 Å². The molecule has 0 aliphatic carbocycles. The lowest BCUT2D eigenvalue weighted by molar-refractivity contribution is -0.140. The highest BCUT2D eigenvalue weighted by molar-refractivity contribution is 7.89. The van der Waals surface area contributed by atoms with Crippen LogP contribution < -0.4 is 21.1 Å². The summed E-state index contributed by atoms with van der Waals surface area (Å²) in [5.74, 6) is -2.30. The zero-order valence-corrected chi connectivity index (χ0v) is 43.5. The van der Waals surface area contributed by atoms with Crippen molar-refractivity contribution in [3.8, 4) is 0 Å². The number of carbonyl (C=O) groups excluding carboxylic acids is 4. The second kappa shape index (κ2) is 27.4. The van der Waals surface area contributed by atoms with E-state index in [4.69, 9.17) is 20.3 Å². The number of halogens is 1. The number of likely N-dealkylation sites (N-methyl/N-ethyl adjacent to an activating group) is 2. The van der Waals surface area contributed by atoms with E-state index in [-0.39, 0.29) is 42.5 Å². The van der Waals surface area contributed by atoms with Crippen molar-refractivity contribution in [2.24, 2.45) is 22.0 Å². The predicted octanol–water partition coefficient (Wildman–Crippen LogP) is 4.53. The molecule has 20 nitrogen and oxygen atoms in total. The Kier molecular flexibility index (Phi) is 31.2. The number of ether oxygens (including phenoxy) is 2. The van der Waals surface area contributed by atoms with Gasteiger partial charge in [-0.1, -0.05) is 69.7 Å². The third kappa shape index (κ3) is 42.3. The molecule has 374 valence electrons. The normalized spacial score (nSPS) is 13.6. The smallest absolute Gasteiger partial charge is 0.408 e. The molecule has 0 saturated carbocycles. The second-order valence-electron chi connectivity index (χ2n) is 19.8. The van der Waals surface area contributed by atoms with E-state index in [0.717, 1.165) is 18.8 Å². The van der Waals surface area contributed by atoms with Crippen molar-refractivity contribution in [1.29, 1.82) is 0 Å². The second-order valence-corrected chi connectivity index (χ2v) is 25.7. The fraction of sp³-hybridized carbons (Fsp3) is 0.868. The van der Waals surface area contributed by atoms with Crippen LogP contribution in [0.5, 0.6) is 0 Å². The van der Waals surface area contributed by atoms with Gasteiger partial charge in [0, 0.05) is 14.1 Å². The molecule has 0 aromatic carbocycles. The van der Waals surface area contributed by atoms with Crippen LogP contribution in [-0.2, 0) is 53.9 Å². The molecule has 0 bridgehead atoms. The maximum atomic E-state index is 12.3. The molecule has 0 aliphatic heterocycles. The topological polar surface area (TPSA) is 295 Å². The number of carbonyl (C=O) groups is 5. The Morgan fingerprint density at radius 2 is 0.839 bits per heavy atom. The lowest BCUT2D eigenvalue weighted by Gasteiger charge is -2.29. The summed E-state index contributed by atoms with van der Waals surface area (Å²) in [5, 5.41) is 13.8. The summed E-state index contributed by atoms with van der Waals surface area (Å²) in [6, 6.07) is -2.68. The Labute approximate surface area is 380 Å². The summed E-state index contributed by atoms with van der Waals surface area (Å²) in [7, 11) is -6.33. The van der Waals surface area contributed by atoms with Crippen molar-refractivity contribution in [2.45, 2.75) is 160 Å². The first-order valence-corrected chi connectivity index (χ1v) is 24.3. The van der Waals surface area contributed by atoms with Crippen molar-refractivity contribution >= 4 is 72.4 Å². The molecule has 0 saturated heterocycles. The summed E-state index contributed by atoms with van der Waals surface area (Å²) >= 11 is 0. The molecular weight excluding hydrogens is 896 g/mol. The standard InChI is InChI=1S/C14H28N2O5S.C12H23NO4.C9H20N2O3S.C2H7NO2S.CH4.ClH/c1-13(2,3)9-10(11(17)16(7)22(8,19)20)15-12(18)21-14(4,5)6;1-11(2,3)7-8(9(14)15)13-10(16)17-12(4,5)6;1-9(2,3)6-7(10)8(12)11(4)15(5,13)14;1-3-6(2,4)5;;/h10H,9H2,1-8H3,(H,15,18);8H,7H2,1-6H3,(H,13,16)(H,14,15);7H,6,10H2,1-5H3;3H,1-2H3;1H4;1H/t10-;8-;7-;;;/m000.../s1. The number of hydrogen-bond acceptors (Lipinski definition) is 14. The highest BCUT2D eigenvalue weighted by atomic mass is 35.5. The summed E-state index contributed by atoms with van der Waals surface area (Å²) in [5.41, 5.74) is 3.74. The molecular formula is C38H83ClN6O14S3. The van der Waals surface area contributed by atoms with Gasteiger partial charge in [0.1, 0.15) is 23.3 Å². The van der Waals surface area contributed by atoms with E-state index in [1.807, 2.05) is 62.3 Å². The first-order valence-electron chi connectivity index (χ1n) is 18.8. The molecule has 0 rings (SSSR count). The summed E-state index contributed by atoms with van der Waals surface area (Å²) < 4.78 is 78.6. The fourth-order valence-corrected chi connectivity index (χ4v) is 4.97. The lowest BCUT2D eigenvalue weighted by atomic mass is 9.88. The monoisotopic (exact) mass is 978 g/mol. The van der Waals surface area contributed by atoms with E-state index in [1.54, 1.807) is 41.5 Å². The molecule has 0 unspecified atom stereocenters. The van der Waals surface area contributed by atoms with Crippen molar-refractivity contribution in [2.75, 3.05) is 39.9 Å². The number of rotatable bonds is 11. The van der Waals surface area contributed by atoms with Crippen molar-refractivity contribution < 1.29 is 63.8 Å². The number of nitrogens with two attached hydrogens (primary N) is 1. The van der Waals surface area contributed by atoms with Crippen LogP contribution in [-0.4, -0.2) is 138 Å². The zero-order valence-electron chi connectivity index (χ0n) is 40.2. The molecule has 4 amide bonds. The SMILES string of the molecule is C.CC(C)(C)C[C@H](NC(=O)OC(C)(C)C)C(=O)O.CN(C(=O)[C@@H](N)CC(C)(C)C)S(C)(=O)=O.CN(C(=O)[C@H](CC(C)(C)C)NC(=O)OC(C)(C)C)S(C)(=O)=O.CNS(C)(=O)=O.Cl. The van der Waals surface area contributed by atoms with Crippen LogP contribution >= 0.6 is 12.4 Å². The highest BCUT2D eigenvalue weighted by Gasteiger charge is 2.33. The first kappa shape index (κ1) is 70.7. The molecule has 0 fully saturated rings. The number of amides is 4. The third-order valence-corrected chi connectivity index (χ3v) is 9.84. The average Bonchev–Trinajstić information content (AvgIpc) is 2.94. The number of carboxylic acid groups (broad SMARTS) is 1. The molecule has 6 N–H and O–H groups in total. The van der Waals surface area contributed by atoms with E-state index in [2.05, 4.69) is 15.4 Å². The van der Waals surface area contributed by atoms with Gasteiger partial charge in [0.2, 0.25) is 30.1 Å². The molecule has 0 radical (unpaired) electrons. The van der Waals surface area contributed by atoms with Crippen molar-refractivity contribution in [3.63, 3.8) is 0 Å². The van der Waals surface area contributed by atoms with Crippen molar-refractivity contribution in [1.82, 2.24) is 24.0 Å². The molecule has 24 heteroatoms. The van der Waals surface area contributed by atoms with Gasteiger partial charge in [0.05, 0.1) is 24.8 Å². The zero-order chi connectivity index (χ0) is 49.4. The van der Waals surface area contributed by atoms with E-state index < -0.39 is 89.4 Å². The van der Waals surface area contributed by atoms with E-state index in [1.165, 1.54) is 21.1 Å². The number of carboxylic acids is 1. The molecule has 0 aromatic rings. The van der Waals surface area contributed by atoms with E-state index in [9.17, 15) is 49.2 Å². The number of nitrogens with zero attached hydrogens (tertiary/aromatic N) is 2. The minimum Gasteiger partial charge on any atom is -0.480 e. The minimum atomic E-state index is -3.68. The van der Waals surface area contributed by atoms with Crippen molar-refractivity contribution in [3.05, 3.63) is 0 Å². The Morgan fingerprint density at radius 1 is 0.581 bits per heavy atom. The summed E-state index contributed by atoms with van der Waals surface area (Å²) in [6.45, 7) is 27.6. The summed E-state index contributed by atoms with van der Waals surface area (Å²) in [4.78, 5) is 58.3. The largest absolute Gasteiger partial charge is 0.480 e. The Bertz CT molecular complexity index is 1740. The molecule has 0 aliphatic rings. The fourth-order valence-electron chi connectivity index (χ4n) is 4.05. The predicted molar refractivity (Wildman–Crippen MR) is 247 cm³/mol. The molecule has 62 heavy (non-hydrogen) atoms. The molecule has 0 heterocycles. The van der Waals surface area contributed by atoms with Crippen LogP contribution in [0, 0.1) is 16.2 Å². The average molecular weight is 980 g/mol. The molecule has 0 spiro atoms. The van der Waals surface area contributed by atoms with Gasteiger partial charge in [-0.15, -0.1) is 12.4 Å². The number of aliphatic carboxylic acids is 1. The lowest BCUT2D eigenvalue weighted by Crippen LogP contribution is -2.51. The van der Waals surface area contributed by atoms with Crippen LogP contribution in [0.1, 0.15) is 131 Å². The van der Waals surface area contributed by atoms with Gasteiger partial charge in [-0.3, -0.25) is 9.59 Å². The van der Waals surface area contributed by atoms with Gasteiger partial charge in [-0.05, 0) is 84.1 Å². The van der Waals surface area contributed by atoms with Crippen LogP contribution in [0.25, 0.3) is 0 Å². The third-order valence-electron chi connectivity index (χ3n) is 6.75. The van der Waals surface area contributed by atoms with Crippen LogP contribution in [0.4, 0.5) is 9.59 Å². The van der Waals surface area contributed by atoms with Gasteiger partial charge in [-0.2, -0.15) is 0 Å². The maximum Gasteiger partial charge on any atom is 0.408 e. The molecule has 3 atom stereocenters. The van der Waals surface area contributed by atoms with Gasteiger partial charge in [-0.25, -0.2) is 53.0 Å². The first-order chi connectivity index (χ1) is 25.9. The van der Waals surface area contributed by atoms with Gasteiger partial charge in [0.15, 0.2) is 0 Å². The van der Waals surface area contributed by atoms with Crippen LogP contribution in [0.15, 0.2) is 0 Å². The summed E-state index contributed by atoms with van der Waals surface area (Å²) in [6.07, 6.45) is 2.65. The minimum absolute atomic E-state index is 0. The number of nitrogens with one attached hydrogen (secondary N) is 3. The number of alkyl carbamates (subject to hydrolysis) is 2. The number of hydrogen-bond donors (Lipinski definition) is 5. The Hall–Kier alpha value is -2.99. The van der Waals surface area contributed by atoms with Crippen LogP contribution in [0.2, 0.25) is 0 Å². The number of sulfonamides is 3. The van der Waals surface area contributed by atoms with Gasteiger partial charge in [0.25, 0.3) is 11.8 Å². The van der Waals surface area contributed by atoms with E-state index in [0.29, 0.717) is 21.5 Å². The quantitative estimate of drug-likeness (QED) is 0.190. The Balaban J connectivity index is -0.000000177. The highest BCUT2D eigenvalue weighted by Crippen LogP contribution is 2.24. The Morgan fingerprint density at radius 3 is 1.06 bits per heavy atom. The van der Waals surface area contributed by atoms with E-state index >= 15 is 0 Å².